The Labute approximate surface area is 154 Å². The molecule has 2 N–H and O–H groups in total. The summed E-state index contributed by atoms with van der Waals surface area (Å²) in [6.07, 6.45) is 4.46. The van der Waals surface area contributed by atoms with Gasteiger partial charge in [0.2, 0.25) is 15.9 Å². The molecule has 1 aliphatic carbocycles. The first-order valence-corrected chi connectivity index (χ1v) is 10.7. The Bertz CT molecular complexity index is 729. The summed E-state index contributed by atoms with van der Waals surface area (Å²) in [5.41, 5.74) is 0.289. The molecule has 1 aromatic rings. The predicted molar refractivity (Wildman–Crippen MR) is 96.1 cm³/mol. The Kier molecular flexibility index (Phi) is 5.69. The number of hydrogen-bond acceptors (Lipinski definition) is 6. The molecular weight excluding hydrogens is 356 g/mol. The van der Waals surface area contributed by atoms with Gasteiger partial charge in [-0.2, -0.15) is 4.72 Å². The minimum atomic E-state index is -3.85. The van der Waals surface area contributed by atoms with Crippen LogP contribution in [0.25, 0.3) is 0 Å². The molecule has 1 amide bonds. The molecule has 1 saturated heterocycles. The number of piperidine rings is 1. The maximum Gasteiger partial charge on any atom is 0.246 e. The van der Waals surface area contributed by atoms with Gasteiger partial charge in [-0.15, -0.1) is 0 Å². The van der Waals surface area contributed by atoms with E-state index in [-0.39, 0.29) is 22.3 Å². The zero-order chi connectivity index (χ0) is 18.9. The van der Waals surface area contributed by atoms with Crippen molar-refractivity contribution < 1.29 is 17.7 Å². The van der Waals surface area contributed by atoms with Gasteiger partial charge in [0.25, 0.3) is 0 Å². The minimum Gasteiger partial charge on any atom is -0.360 e. The summed E-state index contributed by atoms with van der Waals surface area (Å²) in [5, 5.41) is 7.25. The van der Waals surface area contributed by atoms with Gasteiger partial charge in [0.15, 0.2) is 5.76 Å². The average Bonchev–Trinajstić information content (AvgIpc) is 3.35. The van der Waals surface area contributed by atoms with Crippen LogP contribution in [0.2, 0.25) is 0 Å². The summed E-state index contributed by atoms with van der Waals surface area (Å²) in [4.78, 5) is 14.4. The summed E-state index contributed by atoms with van der Waals surface area (Å²) in [7, 11) is -3.85. The van der Waals surface area contributed by atoms with Crippen molar-refractivity contribution in [3.05, 3.63) is 11.5 Å². The first kappa shape index (κ1) is 19.3. The van der Waals surface area contributed by atoms with Crippen molar-refractivity contribution in [2.45, 2.75) is 63.4 Å². The number of nitrogens with one attached hydrogen (secondary N) is 2. The van der Waals surface area contributed by atoms with Crippen molar-refractivity contribution in [3.8, 4) is 0 Å². The van der Waals surface area contributed by atoms with Crippen LogP contribution in [0.3, 0.4) is 0 Å². The van der Waals surface area contributed by atoms with Gasteiger partial charge in [0, 0.05) is 19.1 Å². The SMILES string of the molecule is Cc1noc(C)c1S(=O)(=O)NC(C)C(=O)N1CCC(NCC2CC2)CC1. The summed E-state index contributed by atoms with van der Waals surface area (Å²) in [6.45, 7) is 7.07. The molecular formula is C17H28N4O4S. The molecule has 9 heteroatoms. The van der Waals surface area contributed by atoms with Crippen molar-refractivity contribution in [3.63, 3.8) is 0 Å². The van der Waals surface area contributed by atoms with Crippen LogP contribution < -0.4 is 10.0 Å². The zero-order valence-electron chi connectivity index (χ0n) is 15.6. The molecule has 0 radical (unpaired) electrons. The van der Waals surface area contributed by atoms with E-state index in [1.54, 1.807) is 25.7 Å². The molecule has 2 heterocycles. The fraction of sp³-hybridized carbons (Fsp3) is 0.765. The molecule has 1 atom stereocenters. The van der Waals surface area contributed by atoms with Crippen molar-refractivity contribution in [2.75, 3.05) is 19.6 Å². The average molecular weight is 385 g/mol. The van der Waals surface area contributed by atoms with Gasteiger partial charge in [-0.05, 0) is 58.9 Å². The Morgan fingerprint density at radius 1 is 1.27 bits per heavy atom. The molecule has 0 bridgehead atoms. The lowest BCUT2D eigenvalue weighted by molar-refractivity contribution is -0.133. The van der Waals surface area contributed by atoms with E-state index in [1.165, 1.54) is 12.8 Å². The fourth-order valence-corrected chi connectivity index (χ4v) is 4.96. The Hall–Kier alpha value is -1.45. The molecule has 0 aromatic carbocycles. The van der Waals surface area contributed by atoms with Crippen LogP contribution in [0.5, 0.6) is 0 Å². The molecule has 1 unspecified atom stereocenters. The van der Waals surface area contributed by atoms with Gasteiger partial charge in [-0.25, -0.2) is 8.42 Å². The van der Waals surface area contributed by atoms with E-state index in [4.69, 9.17) is 4.52 Å². The van der Waals surface area contributed by atoms with Gasteiger partial charge in [-0.3, -0.25) is 4.79 Å². The maximum atomic E-state index is 12.6. The highest BCUT2D eigenvalue weighted by atomic mass is 32.2. The van der Waals surface area contributed by atoms with Crippen LogP contribution in [0, 0.1) is 19.8 Å². The molecule has 8 nitrogen and oxygen atoms in total. The third kappa shape index (κ3) is 4.44. The molecule has 2 fully saturated rings. The zero-order valence-corrected chi connectivity index (χ0v) is 16.4. The van der Waals surface area contributed by atoms with Crippen LogP contribution in [0.1, 0.15) is 44.1 Å². The smallest absolute Gasteiger partial charge is 0.246 e. The number of rotatable bonds is 7. The Morgan fingerprint density at radius 2 is 1.92 bits per heavy atom. The fourth-order valence-electron chi connectivity index (χ4n) is 3.43. The highest BCUT2D eigenvalue weighted by Crippen LogP contribution is 2.28. The lowest BCUT2D eigenvalue weighted by Gasteiger charge is -2.34. The van der Waals surface area contributed by atoms with E-state index in [0.717, 1.165) is 25.3 Å². The quantitative estimate of drug-likeness (QED) is 0.725. The second kappa shape index (κ2) is 7.66. The van der Waals surface area contributed by atoms with Crippen LogP contribution in [-0.4, -0.2) is 56.1 Å². The first-order valence-electron chi connectivity index (χ1n) is 9.25. The van der Waals surface area contributed by atoms with Gasteiger partial charge >= 0.3 is 0 Å². The van der Waals surface area contributed by atoms with Gasteiger partial charge in [0.05, 0.1) is 6.04 Å². The third-order valence-electron chi connectivity index (χ3n) is 5.14. The topological polar surface area (TPSA) is 105 Å². The molecule has 146 valence electrons. The van der Waals surface area contributed by atoms with Crippen molar-refractivity contribution in [1.82, 2.24) is 20.1 Å². The Balaban J connectivity index is 1.53. The van der Waals surface area contributed by atoms with E-state index >= 15 is 0 Å². The summed E-state index contributed by atoms with van der Waals surface area (Å²) in [6, 6.07) is -0.376. The summed E-state index contributed by atoms with van der Waals surface area (Å²) in [5.74, 6) is 0.867. The third-order valence-corrected chi connectivity index (χ3v) is 6.92. The lowest BCUT2D eigenvalue weighted by Crippen LogP contribution is -2.51. The standard InChI is InChI=1S/C17H28N4O4S/c1-11-16(13(3)25-19-11)26(23,24)20-12(2)17(22)21-8-6-15(7-9-21)18-10-14-4-5-14/h12,14-15,18,20H,4-10H2,1-3H3. The molecule has 0 spiro atoms. The number of aryl methyl sites for hydroxylation is 2. The van der Waals surface area contributed by atoms with E-state index < -0.39 is 16.1 Å². The molecule has 2 aliphatic rings. The van der Waals surface area contributed by atoms with Crippen molar-refractivity contribution in [1.29, 1.82) is 0 Å². The van der Waals surface area contributed by atoms with Crippen LogP contribution in [0.4, 0.5) is 0 Å². The Morgan fingerprint density at radius 3 is 2.46 bits per heavy atom. The maximum absolute atomic E-state index is 12.6. The van der Waals surface area contributed by atoms with Gasteiger partial charge < -0.3 is 14.7 Å². The van der Waals surface area contributed by atoms with Crippen LogP contribution in [0.15, 0.2) is 9.42 Å². The number of likely N-dealkylation sites (tertiary alicyclic amines) is 1. The molecule has 3 rings (SSSR count). The van der Waals surface area contributed by atoms with Crippen LogP contribution >= 0.6 is 0 Å². The molecule has 1 aromatic heterocycles. The molecule has 26 heavy (non-hydrogen) atoms. The number of hydrogen-bond donors (Lipinski definition) is 2. The number of nitrogens with zero attached hydrogens (tertiary/aromatic N) is 2. The monoisotopic (exact) mass is 384 g/mol. The van der Waals surface area contributed by atoms with Crippen LogP contribution in [-0.2, 0) is 14.8 Å². The number of carbonyl (C=O) groups is 1. The number of aromatic nitrogens is 1. The predicted octanol–water partition coefficient (Wildman–Crippen LogP) is 0.949. The van der Waals surface area contributed by atoms with E-state index in [0.29, 0.717) is 19.1 Å². The summed E-state index contributed by atoms with van der Waals surface area (Å²) >= 11 is 0. The van der Waals surface area contributed by atoms with E-state index in [2.05, 4.69) is 15.2 Å². The highest BCUT2D eigenvalue weighted by molar-refractivity contribution is 7.89. The van der Waals surface area contributed by atoms with Crippen molar-refractivity contribution >= 4 is 15.9 Å². The normalized spacial score (nSPS) is 20.3. The van der Waals surface area contributed by atoms with E-state index in [9.17, 15) is 13.2 Å². The summed E-state index contributed by atoms with van der Waals surface area (Å²) < 4.78 is 32.5. The van der Waals surface area contributed by atoms with E-state index in [1.807, 2.05) is 0 Å². The second-order valence-electron chi connectivity index (χ2n) is 7.45. The number of amides is 1. The number of carbonyl (C=O) groups excluding carboxylic acids is 1. The highest BCUT2D eigenvalue weighted by Gasteiger charge is 2.32. The van der Waals surface area contributed by atoms with Crippen molar-refractivity contribution in [2.24, 2.45) is 5.92 Å². The van der Waals surface area contributed by atoms with Gasteiger partial charge in [0.1, 0.15) is 10.6 Å². The second-order valence-corrected chi connectivity index (χ2v) is 9.10. The van der Waals surface area contributed by atoms with Gasteiger partial charge in [-0.1, -0.05) is 5.16 Å². The molecule has 1 aliphatic heterocycles. The largest absolute Gasteiger partial charge is 0.360 e. The molecule has 1 saturated carbocycles. The minimum absolute atomic E-state index is 0.0140. The first-order chi connectivity index (χ1) is 12.3. The lowest BCUT2D eigenvalue weighted by atomic mass is 10.0. The number of sulfonamides is 1.